The highest BCUT2D eigenvalue weighted by Crippen LogP contribution is 2.23. The fraction of sp³-hybridized carbons (Fsp3) is 0.529. The van der Waals surface area contributed by atoms with Crippen molar-refractivity contribution in [2.45, 2.75) is 39.0 Å². The van der Waals surface area contributed by atoms with Crippen molar-refractivity contribution >= 4 is 24.1 Å². The lowest BCUT2D eigenvalue weighted by Crippen LogP contribution is -2.31. The lowest BCUT2D eigenvalue weighted by Gasteiger charge is -2.06. The number of rotatable bonds is 8. The molecule has 1 aromatic rings. The molecular formula is C17H25ClN2O2. The number of aryl methyl sites for hydroxylation is 2. The third-order valence-electron chi connectivity index (χ3n) is 3.87. The van der Waals surface area contributed by atoms with Gasteiger partial charge in [-0.15, -0.1) is 12.4 Å². The molecular weight excluding hydrogens is 300 g/mol. The third-order valence-corrected chi connectivity index (χ3v) is 3.87. The number of carbonyl (C=O) groups is 2. The summed E-state index contributed by atoms with van der Waals surface area (Å²) in [4.78, 5) is 23.8. The number of ketones is 1. The summed E-state index contributed by atoms with van der Waals surface area (Å²) in [5.41, 5.74) is 3.42. The van der Waals surface area contributed by atoms with Crippen LogP contribution in [-0.4, -0.2) is 31.3 Å². The summed E-state index contributed by atoms with van der Waals surface area (Å²) in [6.45, 7) is 4.30. The molecule has 0 unspecified atom stereocenters. The highest BCUT2D eigenvalue weighted by molar-refractivity contribution is 5.98. The molecule has 22 heavy (non-hydrogen) atoms. The zero-order chi connectivity index (χ0) is 15.1. The van der Waals surface area contributed by atoms with Crippen LogP contribution in [0.1, 0.15) is 47.7 Å². The topological polar surface area (TPSA) is 58.2 Å². The van der Waals surface area contributed by atoms with Gasteiger partial charge in [-0.3, -0.25) is 9.59 Å². The number of fused-ring (bicyclic) bond motifs is 1. The highest BCUT2D eigenvalue weighted by atomic mass is 35.5. The molecule has 0 saturated carbocycles. The first kappa shape index (κ1) is 18.7. The molecule has 0 radical (unpaired) electrons. The molecule has 1 aliphatic rings. The smallest absolute Gasteiger partial charge is 0.220 e. The summed E-state index contributed by atoms with van der Waals surface area (Å²) >= 11 is 0. The van der Waals surface area contributed by atoms with E-state index in [0.29, 0.717) is 6.54 Å². The van der Waals surface area contributed by atoms with Gasteiger partial charge >= 0.3 is 0 Å². The van der Waals surface area contributed by atoms with Crippen molar-refractivity contribution in [2.24, 2.45) is 0 Å². The minimum absolute atomic E-state index is 0. The van der Waals surface area contributed by atoms with Crippen LogP contribution in [0.3, 0.4) is 0 Å². The van der Waals surface area contributed by atoms with Gasteiger partial charge in [-0.05, 0) is 43.0 Å². The molecule has 0 aromatic heterocycles. The molecule has 0 bridgehead atoms. The zero-order valence-electron chi connectivity index (χ0n) is 13.1. The van der Waals surface area contributed by atoms with E-state index in [4.69, 9.17) is 0 Å². The van der Waals surface area contributed by atoms with Gasteiger partial charge in [0.05, 0.1) is 0 Å². The number of benzene rings is 1. The summed E-state index contributed by atoms with van der Waals surface area (Å²) in [6, 6.07) is 5.97. The number of amides is 1. The second-order valence-corrected chi connectivity index (χ2v) is 5.46. The van der Waals surface area contributed by atoms with Crippen LogP contribution < -0.4 is 10.6 Å². The van der Waals surface area contributed by atoms with Crippen LogP contribution in [0.4, 0.5) is 0 Å². The van der Waals surface area contributed by atoms with Crippen molar-refractivity contribution in [1.82, 2.24) is 10.6 Å². The number of hydrogen-bond acceptors (Lipinski definition) is 3. The Bertz CT molecular complexity index is 517. The van der Waals surface area contributed by atoms with Crippen LogP contribution in [0.25, 0.3) is 0 Å². The maximum atomic E-state index is 12.1. The average molecular weight is 325 g/mol. The van der Waals surface area contributed by atoms with E-state index >= 15 is 0 Å². The van der Waals surface area contributed by atoms with E-state index < -0.39 is 0 Å². The summed E-state index contributed by atoms with van der Waals surface area (Å²) in [7, 11) is 0. The molecule has 1 aromatic carbocycles. The van der Waals surface area contributed by atoms with Gasteiger partial charge < -0.3 is 10.6 Å². The van der Waals surface area contributed by atoms with Crippen LogP contribution >= 0.6 is 12.4 Å². The van der Waals surface area contributed by atoms with E-state index in [-0.39, 0.29) is 36.9 Å². The average Bonchev–Trinajstić information content (AvgIpc) is 2.96. The molecule has 0 spiro atoms. The van der Waals surface area contributed by atoms with Crippen molar-refractivity contribution in [2.75, 3.05) is 19.6 Å². The minimum Gasteiger partial charge on any atom is -0.355 e. The standard InChI is InChI=1S/C17H24N2O2.ClH/c1-2-18-10-11-19-17(21)9-8-16(20)15-7-6-13-4-3-5-14(13)12-15;/h6-7,12,18H,2-5,8-11H2,1H3,(H,19,21);1H. The van der Waals surface area contributed by atoms with E-state index in [1.165, 1.54) is 17.5 Å². The first-order chi connectivity index (χ1) is 10.2. The van der Waals surface area contributed by atoms with Gasteiger partial charge in [0.15, 0.2) is 5.78 Å². The maximum absolute atomic E-state index is 12.1. The monoisotopic (exact) mass is 324 g/mol. The van der Waals surface area contributed by atoms with Crippen LogP contribution in [-0.2, 0) is 17.6 Å². The lowest BCUT2D eigenvalue weighted by molar-refractivity contribution is -0.121. The van der Waals surface area contributed by atoms with Crippen molar-refractivity contribution in [3.63, 3.8) is 0 Å². The van der Waals surface area contributed by atoms with Gasteiger partial charge in [0.25, 0.3) is 0 Å². The van der Waals surface area contributed by atoms with Gasteiger partial charge in [-0.1, -0.05) is 19.1 Å². The van der Waals surface area contributed by atoms with Crippen LogP contribution in [0.15, 0.2) is 18.2 Å². The van der Waals surface area contributed by atoms with E-state index in [0.717, 1.165) is 31.5 Å². The van der Waals surface area contributed by atoms with Gasteiger partial charge in [0.1, 0.15) is 0 Å². The van der Waals surface area contributed by atoms with Gasteiger partial charge in [-0.2, -0.15) is 0 Å². The SMILES string of the molecule is CCNCCNC(=O)CCC(=O)c1ccc2c(c1)CCC2.Cl. The Morgan fingerprint density at radius 3 is 2.64 bits per heavy atom. The Hall–Kier alpha value is -1.39. The Labute approximate surface area is 138 Å². The van der Waals surface area contributed by atoms with Crippen molar-refractivity contribution in [3.8, 4) is 0 Å². The Balaban J connectivity index is 0.00000242. The first-order valence-corrected chi connectivity index (χ1v) is 7.83. The molecule has 1 aliphatic carbocycles. The quantitative estimate of drug-likeness (QED) is 0.570. The van der Waals surface area contributed by atoms with Crippen molar-refractivity contribution in [1.29, 1.82) is 0 Å². The van der Waals surface area contributed by atoms with Gasteiger partial charge in [-0.25, -0.2) is 0 Å². The molecule has 0 saturated heterocycles. The Kier molecular flexibility index (Phi) is 8.13. The highest BCUT2D eigenvalue weighted by Gasteiger charge is 2.14. The molecule has 5 heteroatoms. The van der Waals surface area contributed by atoms with Crippen LogP contribution in [0.5, 0.6) is 0 Å². The first-order valence-electron chi connectivity index (χ1n) is 7.83. The molecule has 0 atom stereocenters. The Morgan fingerprint density at radius 1 is 1.09 bits per heavy atom. The fourth-order valence-electron chi connectivity index (χ4n) is 2.67. The second-order valence-electron chi connectivity index (χ2n) is 5.46. The van der Waals surface area contributed by atoms with Crippen LogP contribution in [0.2, 0.25) is 0 Å². The number of nitrogens with one attached hydrogen (secondary N) is 2. The molecule has 0 heterocycles. The van der Waals surface area contributed by atoms with E-state index in [1.807, 2.05) is 19.1 Å². The number of likely N-dealkylation sites (N-methyl/N-ethyl adjacent to an activating group) is 1. The molecule has 4 nitrogen and oxygen atoms in total. The third kappa shape index (κ3) is 5.43. The van der Waals surface area contributed by atoms with Gasteiger partial charge in [0, 0.05) is 31.5 Å². The lowest BCUT2D eigenvalue weighted by atomic mass is 10.0. The van der Waals surface area contributed by atoms with Gasteiger partial charge in [0.2, 0.25) is 5.91 Å². The minimum atomic E-state index is -0.0533. The molecule has 0 aliphatic heterocycles. The largest absolute Gasteiger partial charge is 0.355 e. The Morgan fingerprint density at radius 2 is 1.86 bits per heavy atom. The van der Waals surface area contributed by atoms with Crippen molar-refractivity contribution < 1.29 is 9.59 Å². The molecule has 2 rings (SSSR count). The number of carbonyl (C=O) groups excluding carboxylic acids is 2. The normalized spacial score (nSPS) is 12.4. The molecule has 2 N–H and O–H groups in total. The van der Waals surface area contributed by atoms with Crippen LogP contribution in [0, 0.1) is 0 Å². The predicted octanol–water partition coefficient (Wildman–Crippen LogP) is 2.29. The molecule has 122 valence electrons. The zero-order valence-corrected chi connectivity index (χ0v) is 13.9. The second kappa shape index (κ2) is 9.59. The summed E-state index contributed by atoms with van der Waals surface area (Å²) in [5.74, 6) is 0.00828. The predicted molar refractivity (Wildman–Crippen MR) is 90.8 cm³/mol. The van der Waals surface area contributed by atoms with E-state index in [9.17, 15) is 9.59 Å². The molecule has 0 fully saturated rings. The number of halogens is 1. The number of Topliss-reactive ketones (excluding diaryl/α,β-unsaturated/α-hetero) is 1. The van der Waals surface area contributed by atoms with E-state index in [2.05, 4.69) is 16.7 Å². The summed E-state index contributed by atoms with van der Waals surface area (Å²) in [6.07, 6.45) is 3.93. The molecule has 1 amide bonds. The summed E-state index contributed by atoms with van der Waals surface area (Å²) in [5, 5.41) is 5.95. The van der Waals surface area contributed by atoms with Crippen molar-refractivity contribution in [3.05, 3.63) is 34.9 Å². The summed E-state index contributed by atoms with van der Waals surface area (Å²) < 4.78 is 0. The number of hydrogen-bond donors (Lipinski definition) is 2. The van der Waals surface area contributed by atoms with E-state index in [1.54, 1.807) is 0 Å². The fourth-order valence-corrected chi connectivity index (χ4v) is 2.67. The maximum Gasteiger partial charge on any atom is 0.220 e.